The minimum absolute atomic E-state index is 0.0477. The van der Waals surface area contributed by atoms with E-state index in [-0.39, 0.29) is 11.5 Å². The number of aryl methyl sites for hydroxylation is 1. The van der Waals surface area contributed by atoms with E-state index in [4.69, 9.17) is 0 Å². The molecule has 1 aliphatic heterocycles. The first-order valence-electron chi connectivity index (χ1n) is 9.09. The molecule has 3 rings (SSSR count). The Hall–Kier alpha value is -3.04. The van der Waals surface area contributed by atoms with E-state index in [1.807, 2.05) is 36.4 Å². The lowest BCUT2D eigenvalue weighted by Gasteiger charge is -2.18. The van der Waals surface area contributed by atoms with E-state index in [2.05, 4.69) is 24.4 Å². The standard InChI is InChI=1S/C22H21N3O2S/c1-3-15-9-11-16(12-10-15)13-19-21(27)25(17-7-5-4-6-8-17)22(28-19)18(14-23)20(26)24-2/h4-12,19H,3,13H2,1-2H3,(H,24,26). The Bertz CT molecular complexity index is 946. The number of carbonyl (C=O) groups is 2. The number of nitrogens with zero attached hydrogens (tertiary/aromatic N) is 2. The molecule has 1 N–H and O–H groups in total. The Morgan fingerprint density at radius 2 is 1.79 bits per heavy atom. The number of hydrogen-bond donors (Lipinski definition) is 1. The minimum Gasteiger partial charge on any atom is -0.354 e. The topological polar surface area (TPSA) is 73.2 Å². The molecular formula is C22H21N3O2S. The number of likely N-dealkylation sites (N-methyl/N-ethyl adjacent to an activating group) is 1. The van der Waals surface area contributed by atoms with Gasteiger partial charge in [-0.05, 0) is 36.1 Å². The van der Waals surface area contributed by atoms with Crippen LogP contribution in [-0.4, -0.2) is 24.1 Å². The number of benzene rings is 2. The predicted octanol–water partition coefficient (Wildman–Crippen LogP) is 3.42. The predicted molar refractivity (Wildman–Crippen MR) is 112 cm³/mol. The van der Waals surface area contributed by atoms with Crippen molar-refractivity contribution in [3.8, 4) is 6.07 Å². The fourth-order valence-corrected chi connectivity index (χ4v) is 4.36. The number of nitrogens with one attached hydrogen (secondary N) is 1. The zero-order valence-corrected chi connectivity index (χ0v) is 16.6. The Balaban J connectivity index is 1.98. The van der Waals surface area contributed by atoms with Gasteiger partial charge in [0, 0.05) is 12.7 Å². The Kier molecular flexibility index (Phi) is 6.17. The van der Waals surface area contributed by atoms with Crippen LogP contribution < -0.4 is 10.2 Å². The van der Waals surface area contributed by atoms with E-state index in [1.165, 1.54) is 29.3 Å². The van der Waals surface area contributed by atoms with Crippen molar-refractivity contribution < 1.29 is 9.59 Å². The van der Waals surface area contributed by atoms with Crippen LogP contribution in [0.3, 0.4) is 0 Å². The van der Waals surface area contributed by atoms with Crippen LogP contribution in [-0.2, 0) is 22.4 Å². The molecule has 0 bridgehead atoms. The van der Waals surface area contributed by atoms with Crippen LogP contribution in [0.1, 0.15) is 18.1 Å². The molecule has 2 aromatic carbocycles. The molecule has 2 amide bonds. The maximum atomic E-state index is 13.2. The first-order chi connectivity index (χ1) is 13.6. The van der Waals surface area contributed by atoms with Gasteiger partial charge in [0.15, 0.2) is 0 Å². The molecule has 1 saturated heterocycles. The second-order valence-electron chi connectivity index (χ2n) is 6.36. The van der Waals surface area contributed by atoms with Crippen molar-refractivity contribution >= 4 is 29.3 Å². The van der Waals surface area contributed by atoms with Crippen molar-refractivity contribution in [3.05, 3.63) is 76.3 Å². The summed E-state index contributed by atoms with van der Waals surface area (Å²) in [4.78, 5) is 26.9. The van der Waals surface area contributed by atoms with Crippen LogP contribution in [0.5, 0.6) is 0 Å². The van der Waals surface area contributed by atoms with Crippen LogP contribution in [0, 0.1) is 11.3 Å². The van der Waals surface area contributed by atoms with Gasteiger partial charge in [0.25, 0.3) is 5.91 Å². The molecule has 0 saturated carbocycles. The van der Waals surface area contributed by atoms with Crippen LogP contribution in [0.25, 0.3) is 0 Å². The molecule has 0 radical (unpaired) electrons. The second-order valence-corrected chi connectivity index (χ2v) is 7.55. The molecule has 5 nitrogen and oxygen atoms in total. The largest absolute Gasteiger partial charge is 0.354 e. The number of amides is 2. The highest BCUT2D eigenvalue weighted by molar-refractivity contribution is 8.05. The number of para-hydroxylation sites is 1. The molecule has 1 heterocycles. The average molecular weight is 391 g/mol. The van der Waals surface area contributed by atoms with Crippen molar-refractivity contribution in [2.75, 3.05) is 11.9 Å². The van der Waals surface area contributed by atoms with E-state index in [0.29, 0.717) is 17.1 Å². The highest BCUT2D eigenvalue weighted by Crippen LogP contribution is 2.41. The van der Waals surface area contributed by atoms with Crippen molar-refractivity contribution in [2.24, 2.45) is 0 Å². The fraction of sp³-hybridized carbons (Fsp3) is 0.227. The molecule has 1 atom stereocenters. The number of nitriles is 1. The smallest absolute Gasteiger partial charge is 0.264 e. The van der Waals surface area contributed by atoms with E-state index >= 15 is 0 Å². The molecule has 2 aromatic rings. The van der Waals surface area contributed by atoms with Crippen LogP contribution in [0.15, 0.2) is 65.2 Å². The number of hydrogen-bond acceptors (Lipinski definition) is 4. The molecule has 1 fully saturated rings. The summed E-state index contributed by atoms with van der Waals surface area (Å²) in [5.41, 5.74) is 2.90. The van der Waals surface area contributed by atoms with Crippen molar-refractivity contribution in [1.29, 1.82) is 5.26 Å². The van der Waals surface area contributed by atoms with Gasteiger partial charge < -0.3 is 5.32 Å². The second kappa shape index (κ2) is 8.77. The first-order valence-corrected chi connectivity index (χ1v) is 9.97. The molecule has 28 heavy (non-hydrogen) atoms. The lowest BCUT2D eigenvalue weighted by Crippen LogP contribution is -2.31. The number of thioether (sulfide) groups is 1. The molecule has 0 spiro atoms. The third kappa shape index (κ3) is 3.95. The highest BCUT2D eigenvalue weighted by atomic mass is 32.2. The summed E-state index contributed by atoms with van der Waals surface area (Å²) in [6, 6.07) is 19.3. The Morgan fingerprint density at radius 1 is 1.14 bits per heavy atom. The third-order valence-electron chi connectivity index (χ3n) is 4.60. The maximum Gasteiger partial charge on any atom is 0.264 e. The molecule has 1 unspecified atom stereocenters. The van der Waals surface area contributed by atoms with Crippen molar-refractivity contribution in [3.63, 3.8) is 0 Å². The van der Waals surface area contributed by atoms with Gasteiger partial charge in [-0.25, -0.2) is 0 Å². The SMILES string of the molecule is CCc1ccc(CC2SC(=C(C#N)C(=O)NC)N(c3ccccc3)C2=O)cc1. The molecule has 6 heteroatoms. The highest BCUT2D eigenvalue weighted by Gasteiger charge is 2.40. The summed E-state index contributed by atoms with van der Waals surface area (Å²) in [6.45, 7) is 2.10. The van der Waals surface area contributed by atoms with Crippen LogP contribution >= 0.6 is 11.8 Å². The normalized spacial score (nSPS) is 18.0. The lowest BCUT2D eigenvalue weighted by molar-refractivity contribution is -0.117. The summed E-state index contributed by atoms with van der Waals surface area (Å²) in [6.07, 6.45) is 1.50. The zero-order valence-electron chi connectivity index (χ0n) is 15.8. The van der Waals surface area contributed by atoms with Gasteiger partial charge in [0.1, 0.15) is 16.7 Å². The summed E-state index contributed by atoms with van der Waals surface area (Å²) < 4.78 is 0. The van der Waals surface area contributed by atoms with Crippen molar-refractivity contribution in [2.45, 2.75) is 25.0 Å². The van der Waals surface area contributed by atoms with Gasteiger partial charge in [-0.2, -0.15) is 5.26 Å². The summed E-state index contributed by atoms with van der Waals surface area (Å²) in [7, 11) is 1.47. The molecule has 142 valence electrons. The maximum absolute atomic E-state index is 13.2. The molecular weight excluding hydrogens is 370 g/mol. The van der Waals surface area contributed by atoms with Gasteiger partial charge in [0.05, 0.1) is 5.25 Å². The van der Waals surface area contributed by atoms with Crippen molar-refractivity contribution in [1.82, 2.24) is 5.32 Å². The van der Waals surface area contributed by atoms with Crippen LogP contribution in [0.4, 0.5) is 5.69 Å². The summed E-state index contributed by atoms with van der Waals surface area (Å²) in [5.74, 6) is -0.617. The van der Waals surface area contributed by atoms with Gasteiger partial charge in [-0.3, -0.25) is 14.5 Å². The number of anilines is 1. The molecule has 0 aromatic heterocycles. The summed E-state index contributed by atoms with van der Waals surface area (Å²) in [5, 5.41) is 12.0. The third-order valence-corrected chi connectivity index (χ3v) is 5.86. The number of rotatable bonds is 5. The van der Waals surface area contributed by atoms with Gasteiger partial charge in [-0.1, -0.05) is 61.2 Å². The quantitative estimate of drug-likeness (QED) is 0.626. The lowest BCUT2D eigenvalue weighted by atomic mass is 10.1. The van der Waals surface area contributed by atoms with E-state index in [0.717, 1.165) is 12.0 Å². The minimum atomic E-state index is -0.494. The van der Waals surface area contributed by atoms with Gasteiger partial charge in [0.2, 0.25) is 5.91 Å². The Labute approximate surface area is 169 Å². The van der Waals surface area contributed by atoms with E-state index in [9.17, 15) is 14.9 Å². The molecule has 1 aliphatic rings. The van der Waals surface area contributed by atoms with Crippen LogP contribution in [0.2, 0.25) is 0 Å². The molecule has 0 aliphatic carbocycles. The monoisotopic (exact) mass is 391 g/mol. The average Bonchev–Trinajstić information content (AvgIpc) is 3.05. The van der Waals surface area contributed by atoms with E-state index < -0.39 is 11.2 Å². The van der Waals surface area contributed by atoms with Gasteiger partial charge in [-0.15, -0.1) is 0 Å². The zero-order chi connectivity index (χ0) is 20.1. The number of carbonyl (C=O) groups excluding carboxylic acids is 2. The first kappa shape index (κ1) is 19.7. The van der Waals surface area contributed by atoms with Gasteiger partial charge >= 0.3 is 0 Å². The van der Waals surface area contributed by atoms with E-state index in [1.54, 1.807) is 12.1 Å². The Morgan fingerprint density at radius 3 is 2.36 bits per heavy atom. The summed E-state index contributed by atoms with van der Waals surface area (Å²) >= 11 is 1.28. The fourth-order valence-electron chi connectivity index (χ4n) is 3.05.